The summed E-state index contributed by atoms with van der Waals surface area (Å²) in [6.45, 7) is 6.59. The molecule has 0 aliphatic rings. The third kappa shape index (κ3) is 4.11. The third-order valence-corrected chi connectivity index (χ3v) is 5.46. The Labute approximate surface area is 168 Å². The molecule has 3 aromatic rings. The Morgan fingerprint density at radius 3 is 2.79 bits per heavy atom. The smallest absolute Gasteiger partial charge is 0.282 e. The SMILES string of the molecule is CCCn1c(SCC(=O)Nc2c(C)cccc2CC)nc2cn(C)nc2c1=O. The summed E-state index contributed by atoms with van der Waals surface area (Å²) in [4.78, 5) is 29.9. The molecule has 2 heterocycles. The first-order chi connectivity index (χ1) is 13.4. The number of hydrogen-bond acceptors (Lipinski definition) is 5. The molecule has 0 saturated carbocycles. The predicted octanol–water partition coefficient (Wildman–Crippen LogP) is 3.14. The van der Waals surface area contributed by atoms with Crippen LogP contribution in [0.5, 0.6) is 0 Å². The molecule has 0 aliphatic carbocycles. The summed E-state index contributed by atoms with van der Waals surface area (Å²) in [6, 6.07) is 6.00. The molecule has 0 spiro atoms. The van der Waals surface area contributed by atoms with Crippen molar-refractivity contribution in [1.29, 1.82) is 0 Å². The molecular formula is C20H25N5O2S. The second-order valence-electron chi connectivity index (χ2n) is 6.69. The molecule has 0 atom stereocenters. The van der Waals surface area contributed by atoms with Gasteiger partial charge in [-0.05, 0) is 30.9 Å². The molecule has 7 nitrogen and oxygen atoms in total. The normalized spacial score (nSPS) is 11.1. The van der Waals surface area contributed by atoms with E-state index in [1.807, 2.05) is 32.0 Å². The highest BCUT2D eigenvalue weighted by Gasteiger charge is 2.16. The summed E-state index contributed by atoms with van der Waals surface area (Å²) in [5.74, 6) is 0.0666. The molecule has 0 fully saturated rings. The van der Waals surface area contributed by atoms with Gasteiger partial charge in [-0.3, -0.25) is 18.8 Å². The van der Waals surface area contributed by atoms with Crippen LogP contribution in [0.4, 0.5) is 5.69 Å². The number of thioether (sulfide) groups is 1. The van der Waals surface area contributed by atoms with Crippen LogP contribution < -0.4 is 10.9 Å². The third-order valence-electron chi connectivity index (χ3n) is 4.49. The summed E-state index contributed by atoms with van der Waals surface area (Å²) in [7, 11) is 1.76. The quantitative estimate of drug-likeness (QED) is 0.488. The standard InChI is InChI=1S/C20H25N5O2S/c1-5-10-25-19(27)18-15(11-24(4)23-18)21-20(25)28-12-16(26)22-17-13(3)8-7-9-14(17)6-2/h7-9,11H,5-6,10,12H2,1-4H3,(H,22,26). The van der Waals surface area contributed by atoms with Crippen molar-refractivity contribution in [3.05, 3.63) is 45.9 Å². The first-order valence-corrected chi connectivity index (χ1v) is 10.4. The lowest BCUT2D eigenvalue weighted by Crippen LogP contribution is -2.24. The average molecular weight is 400 g/mol. The molecule has 3 rings (SSSR count). The van der Waals surface area contributed by atoms with Crippen molar-refractivity contribution in [1.82, 2.24) is 19.3 Å². The lowest BCUT2D eigenvalue weighted by Gasteiger charge is -2.13. The first-order valence-electron chi connectivity index (χ1n) is 9.39. The van der Waals surface area contributed by atoms with Gasteiger partial charge in [-0.25, -0.2) is 4.98 Å². The van der Waals surface area contributed by atoms with E-state index in [1.165, 1.54) is 11.8 Å². The van der Waals surface area contributed by atoms with E-state index in [1.54, 1.807) is 22.5 Å². The molecule has 28 heavy (non-hydrogen) atoms. The van der Waals surface area contributed by atoms with Gasteiger partial charge in [0.2, 0.25) is 5.91 Å². The number of carbonyl (C=O) groups is 1. The Morgan fingerprint density at radius 1 is 1.29 bits per heavy atom. The van der Waals surface area contributed by atoms with Crippen LogP contribution in [0, 0.1) is 6.92 Å². The van der Waals surface area contributed by atoms with E-state index in [0.29, 0.717) is 22.7 Å². The van der Waals surface area contributed by atoms with Crippen LogP contribution in [0.25, 0.3) is 11.0 Å². The minimum atomic E-state index is -0.164. The van der Waals surface area contributed by atoms with Crippen LogP contribution in [0.2, 0.25) is 0 Å². The first kappa shape index (κ1) is 20.1. The highest BCUT2D eigenvalue weighted by molar-refractivity contribution is 7.99. The van der Waals surface area contributed by atoms with Gasteiger partial charge in [0.15, 0.2) is 10.7 Å². The Kier molecular flexibility index (Phi) is 6.18. The summed E-state index contributed by atoms with van der Waals surface area (Å²) in [5.41, 5.74) is 3.76. The lowest BCUT2D eigenvalue weighted by molar-refractivity contribution is -0.113. The molecule has 0 saturated heterocycles. The summed E-state index contributed by atoms with van der Waals surface area (Å²) < 4.78 is 3.19. The Bertz CT molecular complexity index is 1070. The molecule has 2 aromatic heterocycles. The molecule has 0 radical (unpaired) electrons. The molecule has 1 aromatic carbocycles. The maximum atomic E-state index is 12.7. The van der Waals surface area contributed by atoms with Crippen LogP contribution in [-0.2, 0) is 24.8 Å². The monoisotopic (exact) mass is 399 g/mol. The van der Waals surface area contributed by atoms with Crippen molar-refractivity contribution in [3.63, 3.8) is 0 Å². The van der Waals surface area contributed by atoms with Crippen molar-refractivity contribution in [2.75, 3.05) is 11.1 Å². The van der Waals surface area contributed by atoms with Gasteiger partial charge in [-0.1, -0.05) is 43.8 Å². The fourth-order valence-corrected chi connectivity index (χ4v) is 3.95. The number of fused-ring (bicyclic) bond motifs is 1. The van der Waals surface area contributed by atoms with E-state index in [0.717, 1.165) is 29.7 Å². The van der Waals surface area contributed by atoms with Gasteiger partial charge >= 0.3 is 0 Å². The number of aryl methyl sites for hydroxylation is 3. The van der Waals surface area contributed by atoms with Crippen LogP contribution >= 0.6 is 11.8 Å². The zero-order valence-electron chi connectivity index (χ0n) is 16.7. The van der Waals surface area contributed by atoms with Crippen LogP contribution in [0.3, 0.4) is 0 Å². The van der Waals surface area contributed by atoms with Gasteiger partial charge in [0.05, 0.1) is 11.9 Å². The van der Waals surface area contributed by atoms with Gasteiger partial charge in [0, 0.05) is 19.3 Å². The van der Waals surface area contributed by atoms with Gasteiger partial charge in [-0.15, -0.1) is 0 Å². The zero-order chi connectivity index (χ0) is 20.3. The second kappa shape index (κ2) is 8.60. The molecule has 0 aliphatic heterocycles. The molecular weight excluding hydrogens is 374 g/mol. The molecule has 1 N–H and O–H groups in total. The van der Waals surface area contributed by atoms with E-state index in [2.05, 4.69) is 22.3 Å². The second-order valence-corrected chi connectivity index (χ2v) is 7.63. The zero-order valence-corrected chi connectivity index (χ0v) is 17.5. The summed E-state index contributed by atoms with van der Waals surface area (Å²) in [6.07, 6.45) is 3.36. The van der Waals surface area contributed by atoms with Crippen molar-refractivity contribution in [3.8, 4) is 0 Å². The van der Waals surface area contributed by atoms with E-state index >= 15 is 0 Å². The number of carbonyl (C=O) groups excluding carboxylic acids is 1. The average Bonchev–Trinajstić information content (AvgIpc) is 3.05. The van der Waals surface area contributed by atoms with Gasteiger partial charge in [0.1, 0.15) is 5.52 Å². The largest absolute Gasteiger partial charge is 0.325 e. The topological polar surface area (TPSA) is 81.8 Å². The van der Waals surface area contributed by atoms with Gasteiger partial charge in [0.25, 0.3) is 5.56 Å². The van der Waals surface area contributed by atoms with E-state index in [9.17, 15) is 9.59 Å². The molecule has 1 amide bonds. The van der Waals surface area contributed by atoms with Crippen molar-refractivity contribution >= 4 is 34.4 Å². The summed E-state index contributed by atoms with van der Waals surface area (Å²) in [5, 5.41) is 7.77. The lowest BCUT2D eigenvalue weighted by atomic mass is 10.1. The maximum Gasteiger partial charge on any atom is 0.282 e. The van der Waals surface area contributed by atoms with Gasteiger partial charge in [-0.2, -0.15) is 5.10 Å². The molecule has 8 heteroatoms. The number of rotatable bonds is 7. The van der Waals surface area contributed by atoms with E-state index < -0.39 is 0 Å². The summed E-state index contributed by atoms with van der Waals surface area (Å²) >= 11 is 1.27. The minimum absolute atomic E-state index is 0.113. The maximum absolute atomic E-state index is 12.7. The van der Waals surface area contributed by atoms with E-state index in [-0.39, 0.29) is 17.2 Å². The van der Waals surface area contributed by atoms with Crippen LogP contribution in [0.1, 0.15) is 31.4 Å². The van der Waals surface area contributed by atoms with Crippen LogP contribution in [-0.4, -0.2) is 31.0 Å². The number of aromatic nitrogens is 4. The van der Waals surface area contributed by atoms with Crippen molar-refractivity contribution in [2.24, 2.45) is 7.05 Å². The molecule has 0 bridgehead atoms. The predicted molar refractivity (Wildman–Crippen MR) is 113 cm³/mol. The molecule has 0 unspecified atom stereocenters. The Balaban J connectivity index is 1.82. The fraction of sp³-hybridized carbons (Fsp3) is 0.400. The fourth-order valence-electron chi connectivity index (χ4n) is 3.13. The van der Waals surface area contributed by atoms with E-state index in [4.69, 9.17) is 0 Å². The Hall–Kier alpha value is -2.61. The Morgan fingerprint density at radius 2 is 2.07 bits per heavy atom. The highest BCUT2D eigenvalue weighted by Crippen LogP contribution is 2.22. The van der Waals surface area contributed by atoms with Crippen molar-refractivity contribution in [2.45, 2.75) is 45.3 Å². The molecule has 148 valence electrons. The number of anilines is 1. The number of nitrogens with zero attached hydrogens (tertiary/aromatic N) is 4. The van der Waals surface area contributed by atoms with Crippen molar-refractivity contribution < 1.29 is 4.79 Å². The number of para-hydroxylation sites is 1. The minimum Gasteiger partial charge on any atom is -0.325 e. The highest BCUT2D eigenvalue weighted by atomic mass is 32.2. The van der Waals surface area contributed by atoms with Crippen LogP contribution in [0.15, 0.2) is 34.3 Å². The number of amides is 1. The number of benzene rings is 1. The number of nitrogens with one attached hydrogen (secondary N) is 1. The number of hydrogen-bond donors (Lipinski definition) is 1. The van der Waals surface area contributed by atoms with Gasteiger partial charge < -0.3 is 5.32 Å².